The molecule has 0 saturated carbocycles. The third kappa shape index (κ3) is 7.00. The van der Waals surface area contributed by atoms with Crippen molar-refractivity contribution in [2.45, 2.75) is 0 Å². The van der Waals surface area contributed by atoms with Crippen LogP contribution in [0.2, 0.25) is 0 Å². The quantitative estimate of drug-likeness (QED) is 0.152. The van der Waals surface area contributed by atoms with E-state index in [4.69, 9.17) is 34.3 Å². The van der Waals surface area contributed by atoms with Crippen molar-refractivity contribution in [1.29, 1.82) is 0 Å². The van der Waals surface area contributed by atoms with Crippen molar-refractivity contribution in [3.05, 3.63) is 206 Å². The minimum absolute atomic E-state index is 0.516. The normalized spacial score (nSPS) is 11.3. The van der Waals surface area contributed by atoms with Crippen molar-refractivity contribution in [2.24, 2.45) is 0 Å². The fraction of sp³-hybridized carbons (Fsp3) is 0. The molecule has 3 aromatic heterocycles. The third-order valence-electron chi connectivity index (χ3n) is 10.8. The monoisotopic (exact) mass is 782 g/mol. The highest BCUT2D eigenvalue weighted by Gasteiger charge is 2.20. The Kier molecular flexibility index (Phi) is 9.02. The van der Waals surface area contributed by atoms with Crippen molar-refractivity contribution in [3.63, 3.8) is 0 Å². The summed E-state index contributed by atoms with van der Waals surface area (Å²) in [5, 5.41) is 2.13. The first kappa shape index (κ1) is 35.7. The van der Waals surface area contributed by atoms with Crippen LogP contribution in [0.4, 0.5) is 0 Å². The zero-order valence-electron chi connectivity index (χ0n) is 32.7. The molecule has 0 unspecified atom stereocenters. The number of hydrogen-bond donors (Lipinski definition) is 0. The second-order valence-electron chi connectivity index (χ2n) is 14.7. The molecule has 0 saturated heterocycles. The lowest BCUT2D eigenvalue weighted by Gasteiger charge is -2.14. The summed E-state index contributed by atoms with van der Waals surface area (Å²) in [6.45, 7) is 0. The van der Waals surface area contributed by atoms with E-state index in [1.807, 2.05) is 140 Å². The average Bonchev–Trinajstić information content (AvgIpc) is 3.73. The maximum absolute atomic E-state index is 6.39. The molecular weight excluding hydrogens is 749 g/mol. The summed E-state index contributed by atoms with van der Waals surface area (Å²) in [7, 11) is 0. The molecule has 286 valence electrons. The van der Waals surface area contributed by atoms with Gasteiger partial charge in [0.2, 0.25) is 0 Å². The third-order valence-corrected chi connectivity index (χ3v) is 10.8. The van der Waals surface area contributed by atoms with E-state index in [-0.39, 0.29) is 0 Å². The van der Waals surface area contributed by atoms with E-state index >= 15 is 0 Å². The van der Waals surface area contributed by atoms with Gasteiger partial charge < -0.3 is 4.42 Å². The summed E-state index contributed by atoms with van der Waals surface area (Å²) < 4.78 is 6.39. The van der Waals surface area contributed by atoms with Gasteiger partial charge in [-0.3, -0.25) is 0 Å². The Labute approximate surface area is 351 Å². The van der Waals surface area contributed by atoms with Crippen LogP contribution in [-0.4, -0.2) is 29.9 Å². The summed E-state index contributed by atoms with van der Waals surface area (Å²) in [5.74, 6) is 3.32. The molecule has 0 aliphatic carbocycles. The summed E-state index contributed by atoms with van der Waals surface area (Å²) in [6, 6.07) is 69.4. The van der Waals surface area contributed by atoms with Crippen molar-refractivity contribution in [2.75, 3.05) is 0 Å². The van der Waals surface area contributed by atoms with Gasteiger partial charge in [-0.1, -0.05) is 176 Å². The van der Waals surface area contributed by atoms with Crippen LogP contribution >= 0.6 is 0 Å². The van der Waals surface area contributed by atoms with Crippen LogP contribution in [0.25, 0.3) is 113 Å². The zero-order valence-corrected chi connectivity index (χ0v) is 32.7. The molecule has 7 heteroatoms. The topological polar surface area (TPSA) is 90.5 Å². The van der Waals surface area contributed by atoms with Crippen molar-refractivity contribution >= 4 is 21.9 Å². The van der Waals surface area contributed by atoms with Crippen LogP contribution in [0.1, 0.15) is 0 Å². The molecule has 0 atom stereocenters. The van der Waals surface area contributed by atoms with E-state index < -0.39 is 0 Å². The van der Waals surface area contributed by atoms with Crippen LogP contribution in [0, 0.1) is 0 Å². The van der Waals surface area contributed by atoms with Crippen molar-refractivity contribution < 1.29 is 4.42 Å². The lowest BCUT2D eigenvalue weighted by atomic mass is 9.95. The first-order chi connectivity index (χ1) is 30.2. The van der Waals surface area contributed by atoms with Gasteiger partial charge in [-0.15, -0.1) is 0 Å². The number of benzene rings is 8. The molecule has 0 spiro atoms. The van der Waals surface area contributed by atoms with Crippen LogP contribution in [-0.2, 0) is 0 Å². The lowest BCUT2D eigenvalue weighted by Crippen LogP contribution is -2.03. The second-order valence-corrected chi connectivity index (χ2v) is 14.7. The minimum atomic E-state index is 0.516. The smallest absolute Gasteiger partial charge is 0.164 e. The molecule has 0 aliphatic rings. The number of furan rings is 1. The zero-order chi connectivity index (χ0) is 40.5. The fourth-order valence-corrected chi connectivity index (χ4v) is 7.76. The molecule has 11 rings (SSSR count). The maximum atomic E-state index is 6.39. The predicted molar refractivity (Wildman–Crippen MR) is 244 cm³/mol. The molecule has 0 fully saturated rings. The Hall–Kier alpha value is -8.42. The Balaban J connectivity index is 1.14. The first-order valence-electron chi connectivity index (χ1n) is 20.1. The molecule has 0 N–H and O–H groups in total. The number of nitrogens with zero attached hydrogens (tertiary/aromatic N) is 6. The van der Waals surface area contributed by atoms with Crippen molar-refractivity contribution in [3.8, 4) is 90.6 Å². The highest BCUT2D eigenvalue weighted by molar-refractivity contribution is 6.06. The van der Waals surface area contributed by atoms with Gasteiger partial charge in [0.15, 0.2) is 34.9 Å². The SMILES string of the molecule is c1ccc(-c2cccc(-c3nc(-c4ccccc4)nc(-c4ccc(-c5ccc6c(c5)oc5ccccc56)c(-c5nc(-c6ccccc6)nc(-c6ccccc6)n5)c4)n3)c2)cc1. The van der Waals surface area contributed by atoms with E-state index in [1.54, 1.807) is 0 Å². The number of fused-ring (bicyclic) bond motifs is 3. The first-order valence-corrected chi connectivity index (χ1v) is 20.1. The van der Waals surface area contributed by atoms with E-state index in [1.165, 1.54) is 0 Å². The lowest BCUT2D eigenvalue weighted by molar-refractivity contribution is 0.669. The molecule has 0 radical (unpaired) electrons. The largest absolute Gasteiger partial charge is 0.456 e. The molecule has 0 bridgehead atoms. The standard InChI is InChI=1S/C54H34N6O/c1-5-16-35(17-6-1)39-24-15-25-41(32-39)52-56-49(36-18-7-2-8-19-36)57-53(58-52)42-29-30-43(40-28-31-45-44-26-13-14-27-47(44)61-48(45)34-40)46(33-42)54-59-50(37-20-9-3-10-21-37)55-51(60-54)38-22-11-4-12-23-38/h1-34H. The van der Waals surface area contributed by atoms with Gasteiger partial charge >= 0.3 is 0 Å². The minimum Gasteiger partial charge on any atom is -0.456 e. The summed E-state index contributed by atoms with van der Waals surface area (Å²) in [6.07, 6.45) is 0. The molecule has 3 heterocycles. The van der Waals surface area contributed by atoms with Gasteiger partial charge in [0.1, 0.15) is 11.2 Å². The molecular formula is C54H34N6O. The van der Waals surface area contributed by atoms with Gasteiger partial charge in [-0.05, 0) is 52.6 Å². The van der Waals surface area contributed by atoms with Crippen molar-refractivity contribution in [1.82, 2.24) is 29.9 Å². The van der Waals surface area contributed by atoms with Gasteiger partial charge in [0.25, 0.3) is 0 Å². The average molecular weight is 783 g/mol. The number of rotatable bonds is 8. The Bertz CT molecular complexity index is 3300. The number of aromatic nitrogens is 6. The van der Waals surface area contributed by atoms with E-state index in [0.29, 0.717) is 34.9 Å². The molecule has 7 nitrogen and oxygen atoms in total. The Morgan fingerprint density at radius 2 is 0.656 bits per heavy atom. The van der Waals surface area contributed by atoms with Gasteiger partial charge in [-0.25, -0.2) is 29.9 Å². The number of hydrogen-bond acceptors (Lipinski definition) is 7. The summed E-state index contributed by atoms with van der Waals surface area (Å²) in [4.78, 5) is 30.7. The van der Waals surface area contributed by atoms with Gasteiger partial charge in [0, 0.05) is 44.2 Å². The summed E-state index contributed by atoms with van der Waals surface area (Å²) >= 11 is 0. The molecule has 0 amide bonds. The molecule has 8 aromatic carbocycles. The Morgan fingerprint density at radius 3 is 1.25 bits per heavy atom. The van der Waals surface area contributed by atoms with E-state index in [2.05, 4.69) is 66.7 Å². The van der Waals surface area contributed by atoms with Crippen LogP contribution in [0.15, 0.2) is 211 Å². The highest BCUT2D eigenvalue weighted by Crippen LogP contribution is 2.39. The van der Waals surface area contributed by atoms with Crippen LogP contribution < -0.4 is 0 Å². The van der Waals surface area contributed by atoms with Gasteiger partial charge in [0.05, 0.1) is 0 Å². The Morgan fingerprint density at radius 1 is 0.230 bits per heavy atom. The second kappa shape index (κ2) is 15.4. The van der Waals surface area contributed by atoms with E-state index in [9.17, 15) is 0 Å². The summed E-state index contributed by atoms with van der Waals surface area (Å²) in [5.41, 5.74) is 10.8. The fourth-order valence-electron chi connectivity index (χ4n) is 7.76. The number of para-hydroxylation sites is 1. The van der Waals surface area contributed by atoms with Crippen LogP contribution in [0.5, 0.6) is 0 Å². The maximum Gasteiger partial charge on any atom is 0.164 e. The van der Waals surface area contributed by atoms with Crippen LogP contribution in [0.3, 0.4) is 0 Å². The van der Waals surface area contributed by atoms with Gasteiger partial charge in [-0.2, -0.15) is 0 Å². The molecule has 0 aliphatic heterocycles. The highest BCUT2D eigenvalue weighted by atomic mass is 16.3. The molecule has 61 heavy (non-hydrogen) atoms. The molecule has 11 aromatic rings. The predicted octanol–water partition coefficient (Wildman–Crippen LogP) is 13.3. The van der Waals surface area contributed by atoms with E-state index in [0.717, 1.165) is 77.6 Å².